The predicted molar refractivity (Wildman–Crippen MR) is 78.1 cm³/mol. The van der Waals surface area contributed by atoms with E-state index < -0.39 is 0 Å². The van der Waals surface area contributed by atoms with Gasteiger partial charge in [0.1, 0.15) is 5.76 Å². The Morgan fingerprint density at radius 1 is 1.29 bits per heavy atom. The van der Waals surface area contributed by atoms with Crippen LogP contribution in [0.5, 0.6) is 0 Å². The van der Waals surface area contributed by atoms with Crippen molar-refractivity contribution in [1.29, 1.82) is 0 Å². The summed E-state index contributed by atoms with van der Waals surface area (Å²) in [5.74, 6) is 2.10. The van der Waals surface area contributed by atoms with Crippen molar-refractivity contribution in [2.45, 2.75) is 44.1 Å². The van der Waals surface area contributed by atoms with E-state index in [0.717, 1.165) is 38.2 Å². The van der Waals surface area contributed by atoms with E-state index in [2.05, 4.69) is 22.0 Å². The zero-order chi connectivity index (χ0) is 14.4. The van der Waals surface area contributed by atoms with Gasteiger partial charge in [-0.1, -0.05) is 5.16 Å². The topological polar surface area (TPSA) is 49.6 Å². The zero-order valence-corrected chi connectivity index (χ0v) is 12.6. The quantitative estimate of drug-likeness (QED) is 0.836. The summed E-state index contributed by atoms with van der Waals surface area (Å²) in [4.78, 5) is 17.2. The van der Waals surface area contributed by atoms with Crippen molar-refractivity contribution in [3.05, 3.63) is 17.5 Å². The maximum atomic E-state index is 12.8. The SMILES string of the molecule is CN1CC[C@@H]2[C@H](CCCN2C(=O)c2cc(C3CC3)on2)C1. The fourth-order valence-electron chi connectivity index (χ4n) is 3.93. The summed E-state index contributed by atoms with van der Waals surface area (Å²) < 4.78 is 5.35. The minimum Gasteiger partial charge on any atom is -0.360 e. The first-order valence-corrected chi connectivity index (χ1v) is 8.18. The molecule has 3 aliphatic rings. The molecule has 0 radical (unpaired) electrons. The molecule has 1 amide bonds. The van der Waals surface area contributed by atoms with Crippen molar-refractivity contribution in [2.75, 3.05) is 26.7 Å². The van der Waals surface area contributed by atoms with E-state index in [9.17, 15) is 4.79 Å². The van der Waals surface area contributed by atoms with Crippen molar-refractivity contribution >= 4 is 5.91 Å². The molecule has 5 nitrogen and oxygen atoms in total. The molecule has 0 aromatic carbocycles. The van der Waals surface area contributed by atoms with Crippen LogP contribution in [0.1, 0.15) is 54.3 Å². The third kappa shape index (κ3) is 2.48. The molecule has 1 aromatic rings. The average molecular weight is 289 g/mol. The Morgan fingerprint density at radius 3 is 2.95 bits per heavy atom. The van der Waals surface area contributed by atoms with Gasteiger partial charge >= 0.3 is 0 Å². The molecule has 3 heterocycles. The van der Waals surface area contributed by atoms with Gasteiger partial charge in [0.05, 0.1) is 0 Å². The van der Waals surface area contributed by atoms with Crippen LogP contribution in [0.4, 0.5) is 0 Å². The number of aromatic nitrogens is 1. The first-order valence-electron chi connectivity index (χ1n) is 8.18. The number of fused-ring (bicyclic) bond motifs is 1. The van der Waals surface area contributed by atoms with Crippen molar-refractivity contribution < 1.29 is 9.32 Å². The van der Waals surface area contributed by atoms with Crippen molar-refractivity contribution in [3.63, 3.8) is 0 Å². The van der Waals surface area contributed by atoms with Gasteiger partial charge in [-0.25, -0.2) is 0 Å². The van der Waals surface area contributed by atoms with Gasteiger partial charge in [-0.3, -0.25) is 4.79 Å². The second-order valence-electron chi connectivity index (χ2n) is 6.91. The van der Waals surface area contributed by atoms with E-state index in [-0.39, 0.29) is 5.91 Å². The second-order valence-corrected chi connectivity index (χ2v) is 6.91. The van der Waals surface area contributed by atoms with Gasteiger partial charge in [0.25, 0.3) is 5.91 Å². The Labute approximate surface area is 125 Å². The van der Waals surface area contributed by atoms with Crippen LogP contribution < -0.4 is 0 Å². The van der Waals surface area contributed by atoms with Gasteiger partial charge < -0.3 is 14.3 Å². The largest absolute Gasteiger partial charge is 0.360 e. The standard InChI is InChI=1S/C16H23N3O2/c1-18-8-6-14-12(10-18)3-2-7-19(14)16(20)13-9-15(21-17-13)11-4-5-11/h9,11-12,14H,2-8,10H2,1H3/t12-,14-/m1/s1. The summed E-state index contributed by atoms with van der Waals surface area (Å²) in [5, 5.41) is 4.03. The van der Waals surface area contributed by atoms with Crippen LogP contribution in [0, 0.1) is 5.92 Å². The van der Waals surface area contributed by atoms with Gasteiger partial charge in [-0.05, 0) is 51.6 Å². The van der Waals surface area contributed by atoms with E-state index in [0.29, 0.717) is 23.6 Å². The highest BCUT2D eigenvalue weighted by Gasteiger charge is 2.38. The summed E-state index contributed by atoms with van der Waals surface area (Å²) in [5.41, 5.74) is 0.511. The van der Waals surface area contributed by atoms with Gasteiger partial charge in [-0.2, -0.15) is 0 Å². The molecule has 4 rings (SSSR count). The number of likely N-dealkylation sites (tertiary alicyclic amines) is 2. The number of piperidine rings is 2. The molecule has 2 saturated heterocycles. The Kier molecular flexibility index (Phi) is 3.25. The number of hydrogen-bond acceptors (Lipinski definition) is 4. The molecule has 3 fully saturated rings. The monoisotopic (exact) mass is 289 g/mol. The number of amides is 1. The molecule has 21 heavy (non-hydrogen) atoms. The van der Waals surface area contributed by atoms with Crippen LogP contribution in [0.25, 0.3) is 0 Å². The highest BCUT2D eigenvalue weighted by Crippen LogP contribution is 2.40. The smallest absolute Gasteiger partial charge is 0.276 e. The number of rotatable bonds is 2. The fourth-order valence-corrected chi connectivity index (χ4v) is 3.93. The van der Waals surface area contributed by atoms with Crippen molar-refractivity contribution in [1.82, 2.24) is 15.0 Å². The van der Waals surface area contributed by atoms with Gasteiger partial charge in [-0.15, -0.1) is 0 Å². The van der Waals surface area contributed by atoms with Gasteiger partial charge in [0.2, 0.25) is 0 Å². The average Bonchev–Trinajstić information content (AvgIpc) is 3.23. The maximum Gasteiger partial charge on any atom is 0.276 e. The first kappa shape index (κ1) is 13.3. The lowest BCUT2D eigenvalue weighted by atomic mass is 9.84. The molecule has 2 aliphatic heterocycles. The zero-order valence-electron chi connectivity index (χ0n) is 12.6. The molecule has 2 atom stereocenters. The predicted octanol–water partition coefficient (Wildman–Crippen LogP) is 2.11. The Hall–Kier alpha value is -1.36. The fraction of sp³-hybridized carbons (Fsp3) is 0.750. The molecular weight excluding hydrogens is 266 g/mol. The van der Waals surface area contributed by atoms with Gasteiger partial charge in [0, 0.05) is 31.1 Å². The third-order valence-corrected chi connectivity index (χ3v) is 5.26. The Balaban J connectivity index is 1.51. The van der Waals surface area contributed by atoms with E-state index in [1.54, 1.807) is 0 Å². The number of carbonyl (C=O) groups excluding carboxylic acids is 1. The minimum absolute atomic E-state index is 0.0740. The summed E-state index contributed by atoms with van der Waals surface area (Å²) in [6.07, 6.45) is 5.77. The van der Waals surface area contributed by atoms with Crippen molar-refractivity contribution in [2.24, 2.45) is 5.92 Å². The van der Waals surface area contributed by atoms with Crippen LogP contribution >= 0.6 is 0 Å². The molecule has 1 saturated carbocycles. The van der Waals surface area contributed by atoms with Crippen LogP contribution in [0.15, 0.2) is 10.6 Å². The molecular formula is C16H23N3O2. The summed E-state index contributed by atoms with van der Waals surface area (Å²) in [7, 11) is 2.18. The van der Waals surface area contributed by atoms with Crippen LogP contribution in [-0.2, 0) is 0 Å². The lowest BCUT2D eigenvalue weighted by Crippen LogP contribution is -2.55. The Bertz CT molecular complexity index is 537. The second kappa shape index (κ2) is 5.13. The lowest BCUT2D eigenvalue weighted by Gasteiger charge is -2.46. The normalized spacial score (nSPS) is 30.2. The molecule has 0 bridgehead atoms. The molecule has 0 spiro atoms. The number of nitrogens with zero attached hydrogens (tertiary/aromatic N) is 3. The molecule has 0 unspecified atom stereocenters. The number of hydrogen-bond donors (Lipinski definition) is 0. The van der Waals surface area contributed by atoms with E-state index in [1.165, 1.54) is 19.3 Å². The Morgan fingerprint density at radius 2 is 2.14 bits per heavy atom. The summed E-state index contributed by atoms with van der Waals surface area (Å²) in [6, 6.07) is 2.27. The van der Waals surface area contributed by atoms with Crippen LogP contribution in [0.2, 0.25) is 0 Å². The maximum absolute atomic E-state index is 12.8. The van der Waals surface area contributed by atoms with E-state index >= 15 is 0 Å². The third-order valence-electron chi connectivity index (χ3n) is 5.26. The first-order chi connectivity index (χ1) is 10.2. The van der Waals surface area contributed by atoms with Crippen LogP contribution in [0.3, 0.4) is 0 Å². The molecule has 1 aromatic heterocycles. The highest BCUT2D eigenvalue weighted by atomic mass is 16.5. The summed E-state index contributed by atoms with van der Waals surface area (Å²) in [6.45, 7) is 3.06. The molecule has 0 N–H and O–H groups in total. The molecule has 1 aliphatic carbocycles. The minimum atomic E-state index is 0.0740. The van der Waals surface area contributed by atoms with Gasteiger partial charge in [0.15, 0.2) is 5.69 Å². The summed E-state index contributed by atoms with van der Waals surface area (Å²) >= 11 is 0. The molecule has 5 heteroatoms. The van der Waals surface area contributed by atoms with E-state index in [1.807, 2.05) is 6.07 Å². The van der Waals surface area contributed by atoms with Crippen molar-refractivity contribution in [3.8, 4) is 0 Å². The molecule has 114 valence electrons. The number of carbonyl (C=O) groups is 1. The highest BCUT2D eigenvalue weighted by molar-refractivity contribution is 5.92. The lowest BCUT2D eigenvalue weighted by molar-refractivity contribution is 0.0246. The van der Waals surface area contributed by atoms with E-state index in [4.69, 9.17) is 4.52 Å². The van der Waals surface area contributed by atoms with Crippen LogP contribution in [-0.4, -0.2) is 53.6 Å².